The molecule has 3 N–H and O–H groups in total. The van der Waals surface area contributed by atoms with E-state index in [4.69, 9.17) is 5.73 Å². The number of benzene rings is 1. The van der Waals surface area contributed by atoms with E-state index in [9.17, 15) is 9.59 Å². The number of likely N-dealkylation sites (tertiary alicyclic amines) is 1. The van der Waals surface area contributed by atoms with Crippen molar-refractivity contribution in [2.75, 3.05) is 13.1 Å². The van der Waals surface area contributed by atoms with E-state index in [1.165, 1.54) is 0 Å². The van der Waals surface area contributed by atoms with Crippen LogP contribution in [0.2, 0.25) is 0 Å². The summed E-state index contributed by atoms with van der Waals surface area (Å²) in [5.74, 6) is -0.0304. The third-order valence-electron chi connectivity index (χ3n) is 4.41. The SMILES string of the molecule is CCCC(C)(N)C(=O)N1CCC(NC(=O)c2ccccc2)CC1. The normalized spacial score (nSPS) is 18.3. The number of piperidine rings is 1. The predicted octanol–water partition coefficient (Wildman–Crippen LogP) is 1.92. The lowest BCUT2D eigenvalue weighted by molar-refractivity contribution is -0.137. The van der Waals surface area contributed by atoms with E-state index in [2.05, 4.69) is 5.32 Å². The first-order valence-corrected chi connectivity index (χ1v) is 8.38. The Bertz CT molecular complexity index is 534. The van der Waals surface area contributed by atoms with Gasteiger partial charge in [-0.05, 0) is 38.3 Å². The third kappa shape index (κ3) is 4.55. The van der Waals surface area contributed by atoms with Crippen LogP contribution in [0.25, 0.3) is 0 Å². The Balaban J connectivity index is 1.84. The maximum Gasteiger partial charge on any atom is 0.251 e. The van der Waals surface area contributed by atoms with Gasteiger partial charge in [0.15, 0.2) is 0 Å². The largest absolute Gasteiger partial charge is 0.349 e. The molecule has 0 saturated carbocycles. The molecule has 1 aliphatic rings. The molecule has 2 amide bonds. The highest BCUT2D eigenvalue weighted by Crippen LogP contribution is 2.18. The van der Waals surface area contributed by atoms with Crippen LogP contribution in [0.1, 0.15) is 49.9 Å². The molecule has 0 aliphatic carbocycles. The molecule has 2 rings (SSSR count). The molecule has 1 atom stereocenters. The van der Waals surface area contributed by atoms with Crippen LogP contribution in [0, 0.1) is 0 Å². The third-order valence-corrected chi connectivity index (χ3v) is 4.41. The number of nitrogens with one attached hydrogen (secondary N) is 1. The Morgan fingerprint density at radius 3 is 2.43 bits per heavy atom. The van der Waals surface area contributed by atoms with Crippen molar-refractivity contribution in [3.63, 3.8) is 0 Å². The molecular weight excluding hydrogens is 290 g/mol. The van der Waals surface area contributed by atoms with E-state index in [0.717, 1.165) is 19.3 Å². The van der Waals surface area contributed by atoms with Gasteiger partial charge < -0.3 is 16.0 Å². The van der Waals surface area contributed by atoms with Crippen LogP contribution in [0.4, 0.5) is 0 Å². The number of carbonyl (C=O) groups is 2. The van der Waals surface area contributed by atoms with Gasteiger partial charge in [-0.15, -0.1) is 0 Å². The fraction of sp³-hybridized carbons (Fsp3) is 0.556. The highest BCUT2D eigenvalue weighted by molar-refractivity contribution is 5.94. The minimum Gasteiger partial charge on any atom is -0.349 e. The van der Waals surface area contributed by atoms with Crippen LogP contribution in [0.15, 0.2) is 30.3 Å². The van der Waals surface area contributed by atoms with Crippen molar-refractivity contribution in [1.82, 2.24) is 10.2 Å². The van der Waals surface area contributed by atoms with Gasteiger partial charge in [0.25, 0.3) is 5.91 Å². The molecule has 126 valence electrons. The molecule has 0 bridgehead atoms. The van der Waals surface area contributed by atoms with Gasteiger partial charge in [0.2, 0.25) is 5.91 Å². The van der Waals surface area contributed by atoms with Crippen molar-refractivity contribution in [3.05, 3.63) is 35.9 Å². The minimum absolute atomic E-state index is 0.0205. The fourth-order valence-corrected chi connectivity index (χ4v) is 3.07. The summed E-state index contributed by atoms with van der Waals surface area (Å²) in [5.41, 5.74) is 6.02. The summed E-state index contributed by atoms with van der Waals surface area (Å²) in [7, 11) is 0. The quantitative estimate of drug-likeness (QED) is 0.871. The Labute approximate surface area is 138 Å². The van der Waals surface area contributed by atoms with Crippen LogP contribution in [0.5, 0.6) is 0 Å². The number of rotatable bonds is 5. The topological polar surface area (TPSA) is 75.4 Å². The smallest absolute Gasteiger partial charge is 0.251 e. The average molecular weight is 317 g/mol. The van der Waals surface area contributed by atoms with E-state index in [0.29, 0.717) is 25.1 Å². The van der Waals surface area contributed by atoms with Crippen molar-refractivity contribution in [1.29, 1.82) is 0 Å². The Hall–Kier alpha value is -1.88. The van der Waals surface area contributed by atoms with Crippen molar-refractivity contribution < 1.29 is 9.59 Å². The average Bonchev–Trinajstić information content (AvgIpc) is 2.55. The highest BCUT2D eigenvalue weighted by Gasteiger charge is 2.34. The van der Waals surface area contributed by atoms with Crippen molar-refractivity contribution in [2.24, 2.45) is 5.73 Å². The van der Waals surface area contributed by atoms with E-state index >= 15 is 0 Å². The summed E-state index contributed by atoms with van der Waals surface area (Å²) in [6, 6.07) is 9.32. The Kier molecular flexibility index (Phi) is 5.77. The van der Waals surface area contributed by atoms with Crippen molar-refractivity contribution in [2.45, 2.75) is 51.1 Å². The molecule has 0 aromatic heterocycles. The zero-order chi connectivity index (χ0) is 16.9. The first kappa shape index (κ1) is 17.5. The van der Waals surface area contributed by atoms with Gasteiger partial charge in [-0.2, -0.15) is 0 Å². The molecule has 0 radical (unpaired) electrons. The van der Waals surface area contributed by atoms with E-state index in [1.54, 1.807) is 12.1 Å². The van der Waals surface area contributed by atoms with E-state index < -0.39 is 5.54 Å². The van der Waals surface area contributed by atoms with E-state index in [-0.39, 0.29) is 17.9 Å². The number of hydrogen-bond donors (Lipinski definition) is 2. The highest BCUT2D eigenvalue weighted by atomic mass is 16.2. The zero-order valence-electron chi connectivity index (χ0n) is 14.0. The number of carbonyl (C=O) groups excluding carboxylic acids is 2. The molecule has 23 heavy (non-hydrogen) atoms. The van der Waals surface area contributed by atoms with Gasteiger partial charge in [0.05, 0.1) is 5.54 Å². The number of nitrogens with zero attached hydrogens (tertiary/aromatic N) is 1. The number of amides is 2. The molecule has 1 saturated heterocycles. The summed E-state index contributed by atoms with van der Waals surface area (Å²) in [4.78, 5) is 26.5. The first-order valence-electron chi connectivity index (χ1n) is 8.38. The molecule has 1 fully saturated rings. The summed E-state index contributed by atoms with van der Waals surface area (Å²) in [6.45, 7) is 5.13. The number of nitrogens with two attached hydrogens (primary N) is 1. The molecular formula is C18H27N3O2. The van der Waals surface area contributed by atoms with Crippen LogP contribution < -0.4 is 11.1 Å². The molecule has 1 aromatic carbocycles. The summed E-state index contributed by atoms with van der Waals surface area (Å²) >= 11 is 0. The molecule has 1 aromatic rings. The van der Waals surface area contributed by atoms with Crippen molar-refractivity contribution in [3.8, 4) is 0 Å². The second-order valence-electron chi connectivity index (χ2n) is 6.57. The Morgan fingerprint density at radius 2 is 1.87 bits per heavy atom. The maximum atomic E-state index is 12.5. The van der Waals surface area contributed by atoms with Crippen molar-refractivity contribution >= 4 is 11.8 Å². The second kappa shape index (κ2) is 7.59. The van der Waals surface area contributed by atoms with Crippen LogP contribution in [-0.2, 0) is 4.79 Å². The van der Waals surface area contributed by atoms with Gasteiger partial charge in [0.1, 0.15) is 0 Å². The minimum atomic E-state index is -0.783. The van der Waals surface area contributed by atoms with Gasteiger partial charge in [-0.3, -0.25) is 9.59 Å². The fourth-order valence-electron chi connectivity index (χ4n) is 3.07. The zero-order valence-corrected chi connectivity index (χ0v) is 14.0. The molecule has 1 aliphatic heterocycles. The lowest BCUT2D eigenvalue weighted by Gasteiger charge is -2.37. The Morgan fingerprint density at radius 1 is 1.26 bits per heavy atom. The first-order chi connectivity index (χ1) is 10.9. The van der Waals surface area contributed by atoms with E-state index in [1.807, 2.05) is 36.9 Å². The summed E-state index contributed by atoms with van der Waals surface area (Å²) in [5, 5.41) is 3.05. The van der Waals surface area contributed by atoms with Gasteiger partial charge >= 0.3 is 0 Å². The van der Waals surface area contributed by atoms with Gasteiger partial charge in [0, 0.05) is 24.7 Å². The molecule has 1 unspecified atom stereocenters. The van der Waals surface area contributed by atoms with Gasteiger partial charge in [-0.1, -0.05) is 31.5 Å². The molecule has 5 heteroatoms. The lowest BCUT2D eigenvalue weighted by atomic mass is 9.94. The maximum absolute atomic E-state index is 12.5. The predicted molar refractivity (Wildman–Crippen MR) is 91.0 cm³/mol. The van der Waals surface area contributed by atoms with Crippen LogP contribution >= 0.6 is 0 Å². The second-order valence-corrected chi connectivity index (χ2v) is 6.57. The van der Waals surface area contributed by atoms with Gasteiger partial charge in [-0.25, -0.2) is 0 Å². The molecule has 0 spiro atoms. The molecule has 5 nitrogen and oxygen atoms in total. The molecule has 1 heterocycles. The lowest BCUT2D eigenvalue weighted by Crippen LogP contribution is -2.56. The summed E-state index contributed by atoms with van der Waals surface area (Å²) in [6.07, 6.45) is 3.12. The number of hydrogen-bond acceptors (Lipinski definition) is 3. The standard InChI is InChI=1S/C18H27N3O2/c1-3-11-18(2,19)17(23)21-12-9-15(10-13-21)20-16(22)14-7-5-4-6-8-14/h4-8,15H,3,9-13,19H2,1-2H3,(H,20,22). The van der Waals surface area contributed by atoms with Crippen LogP contribution in [-0.4, -0.2) is 41.4 Å². The summed E-state index contributed by atoms with van der Waals surface area (Å²) < 4.78 is 0. The van der Waals surface area contributed by atoms with Crippen LogP contribution in [0.3, 0.4) is 0 Å². The monoisotopic (exact) mass is 317 g/mol.